The molecule has 0 saturated heterocycles. The van der Waals surface area contributed by atoms with Crippen LogP contribution in [-0.2, 0) is 0 Å². The maximum atomic E-state index is 5.50. The molecule has 0 bridgehead atoms. The number of nitrogens with zero attached hydrogens (tertiary/aromatic N) is 2. The summed E-state index contributed by atoms with van der Waals surface area (Å²) in [5, 5.41) is 0. The second-order valence-corrected chi connectivity index (χ2v) is 1.98. The molecule has 1 atom stereocenters. The average molecular weight is 126 g/mol. The van der Waals surface area contributed by atoms with Crippen molar-refractivity contribution in [3.8, 4) is 0 Å². The third kappa shape index (κ3) is 1.02. The Hall–Kier alpha value is -1.03. The summed E-state index contributed by atoms with van der Waals surface area (Å²) in [6, 6.07) is -0.0926. The Balaban J connectivity index is 2.94. The Kier molecular flexibility index (Phi) is 1.40. The minimum atomic E-state index is -0.0926. The van der Waals surface area contributed by atoms with Gasteiger partial charge >= 0.3 is 0 Å². The Labute approximate surface area is 53.4 Å². The maximum absolute atomic E-state index is 5.50. The fraction of sp³-hybridized carbons (Fsp3) is 0.400. The zero-order chi connectivity index (χ0) is 6.85. The Morgan fingerprint density at radius 3 is 2.67 bits per heavy atom. The number of hydrogen-bond donors (Lipinski definition) is 2. The van der Waals surface area contributed by atoms with E-state index in [1.54, 1.807) is 12.4 Å². The number of imidazole rings is 1. The van der Waals surface area contributed by atoms with Crippen LogP contribution in [0.15, 0.2) is 12.4 Å². The van der Waals surface area contributed by atoms with Crippen molar-refractivity contribution in [3.63, 3.8) is 0 Å². The van der Waals surface area contributed by atoms with Gasteiger partial charge in [-0.15, -0.1) is 0 Å². The van der Waals surface area contributed by atoms with Crippen molar-refractivity contribution in [1.82, 2.24) is 9.66 Å². The van der Waals surface area contributed by atoms with Crippen molar-refractivity contribution in [2.75, 3.05) is 5.84 Å². The smallest absolute Gasteiger partial charge is 0.143 e. The number of nitrogen functional groups attached to an aromatic ring is 1. The van der Waals surface area contributed by atoms with Crippen LogP contribution in [0.1, 0.15) is 18.8 Å². The highest BCUT2D eigenvalue weighted by Gasteiger charge is 2.02. The van der Waals surface area contributed by atoms with Crippen LogP contribution in [0.3, 0.4) is 0 Å². The Bertz CT molecular complexity index is 191. The molecule has 9 heavy (non-hydrogen) atoms. The predicted molar refractivity (Wildman–Crippen MR) is 35.0 cm³/mol. The Morgan fingerprint density at radius 1 is 1.78 bits per heavy atom. The number of rotatable bonds is 1. The molecular formula is C5H10N4. The van der Waals surface area contributed by atoms with Crippen molar-refractivity contribution in [3.05, 3.63) is 18.2 Å². The molecule has 4 N–H and O–H groups in total. The van der Waals surface area contributed by atoms with Gasteiger partial charge in [-0.05, 0) is 6.92 Å². The van der Waals surface area contributed by atoms with Gasteiger partial charge in [-0.2, -0.15) is 0 Å². The maximum Gasteiger partial charge on any atom is 0.143 e. The van der Waals surface area contributed by atoms with Crippen molar-refractivity contribution in [1.29, 1.82) is 0 Å². The molecule has 0 aliphatic carbocycles. The van der Waals surface area contributed by atoms with Crippen molar-refractivity contribution < 1.29 is 0 Å². The third-order valence-corrected chi connectivity index (χ3v) is 1.11. The summed E-state index contributed by atoms with van der Waals surface area (Å²) in [7, 11) is 0. The third-order valence-electron chi connectivity index (χ3n) is 1.11. The van der Waals surface area contributed by atoms with Gasteiger partial charge in [0, 0.05) is 12.4 Å². The van der Waals surface area contributed by atoms with Crippen molar-refractivity contribution in [2.24, 2.45) is 5.73 Å². The first-order valence-electron chi connectivity index (χ1n) is 2.75. The van der Waals surface area contributed by atoms with Crippen LogP contribution in [0.2, 0.25) is 0 Å². The van der Waals surface area contributed by atoms with Crippen LogP contribution >= 0.6 is 0 Å². The minimum absolute atomic E-state index is 0.0926. The van der Waals surface area contributed by atoms with E-state index < -0.39 is 0 Å². The topological polar surface area (TPSA) is 69.9 Å². The molecule has 0 fully saturated rings. The minimum Gasteiger partial charge on any atom is -0.338 e. The molecule has 0 aromatic carbocycles. The molecule has 0 saturated carbocycles. The van der Waals surface area contributed by atoms with E-state index in [1.165, 1.54) is 4.68 Å². The summed E-state index contributed by atoms with van der Waals surface area (Å²) < 4.78 is 1.42. The second-order valence-electron chi connectivity index (χ2n) is 1.98. The van der Waals surface area contributed by atoms with Crippen molar-refractivity contribution >= 4 is 0 Å². The number of aromatic nitrogens is 2. The summed E-state index contributed by atoms with van der Waals surface area (Å²) in [5.74, 6) is 6.12. The van der Waals surface area contributed by atoms with E-state index in [0.29, 0.717) is 5.82 Å². The summed E-state index contributed by atoms with van der Waals surface area (Å²) in [6.07, 6.45) is 3.29. The zero-order valence-corrected chi connectivity index (χ0v) is 5.28. The van der Waals surface area contributed by atoms with Crippen LogP contribution in [0.5, 0.6) is 0 Å². The molecule has 4 nitrogen and oxygen atoms in total. The van der Waals surface area contributed by atoms with Gasteiger partial charge in [-0.25, -0.2) is 4.98 Å². The zero-order valence-electron chi connectivity index (χ0n) is 5.28. The highest BCUT2D eigenvalue weighted by molar-refractivity contribution is 4.96. The summed E-state index contributed by atoms with van der Waals surface area (Å²) >= 11 is 0. The van der Waals surface area contributed by atoms with Gasteiger partial charge in [0.25, 0.3) is 0 Å². The van der Waals surface area contributed by atoms with Gasteiger partial charge in [-0.3, -0.25) is 4.68 Å². The first-order valence-corrected chi connectivity index (χ1v) is 2.75. The molecule has 0 spiro atoms. The van der Waals surface area contributed by atoms with Gasteiger partial charge < -0.3 is 11.6 Å². The quantitative estimate of drug-likeness (QED) is 0.504. The van der Waals surface area contributed by atoms with E-state index in [2.05, 4.69) is 4.98 Å². The monoisotopic (exact) mass is 126 g/mol. The molecule has 1 aromatic rings. The van der Waals surface area contributed by atoms with Crippen LogP contribution in [0.4, 0.5) is 0 Å². The van der Waals surface area contributed by atoms with Crippen LogP contribution in [-0.4, -0.2) is 9.66 Å². The lowest BCUT2D eigenvalue weighted by molar-refractivity contribution is 0.707. The van der Waals surface area contributed by atoms with Gasteiger partial charge in [0.2, 0.25) is 0 Å². The molecule has 1 unspecified atom stereocenters. The lowest BCUT2D eigenvalue weighted by Crippen LogP contribution is -2.18. The molecule has 1 heterocycles. The predicted octanol–water partition coefficient (Wildman–Crippen LogP) is -0.383. The number of nitrogens with two attached hydrogens (primary N) is 2. The first-order chi connectivity index (χ1) is 4.22. The van der Waals surface area contributed by atoms with Crippen LogP contribution < -0.4 is 11.6 Å². The fourth-order valence-electron chi connectivity index (χ4n) is 0.677. The second kappa shape index (κ2) is 2.06. The molecule has 1 aromatic heterocycles. The standard InChI is InChI=1S/C5H10N4/c1-4(6)5-8-2-3-9(5)7/h2-4H,6-7H2,1H3. The SMILES string of the molecule is CC(N)c1nccn1N. The number of hydrogen-bond acceptors (Lipinski definition) is 3. The fourth-order valence-corrected chi connectivity index (χ4v) is 0.677. The molecular weight excluding hydrogens is 116 g/mol. The van der Waals surface area contributed by atoms with Crippen LogP contribution in [0, 0.1) is 0 Å². The molecule has 0 aliphatic rings. The summed E-state index contributed by atoms with van der Waals surface area (Å²) in [4.78, 5) is 3.93. The lowest BCUT2D eigenvalue weighted by atomic mass is 10.3. The summed E-state index contributed by atoms with van der Waals surface area (Å²) in [5.41, 5.74) is 5.50. The molecule has 0 radical (unpaired) electrons. The van der Waals surface area contributed by atoms with Gasteiger partial charge in [0.15, 0.2) is 0 Å². The summed E-state index contributed by atoms with van der Waals surface area (Å²) in [6.45, 7) is 1.84. The van der Waals surface area contributed by atoms with E-state index in [9.17, 15) is 0 Å². The van der Waals surface area contributed by atoms with E-state index in [4.69, 9.17) is 11.6 Å². The van der Waals surface area contributed by atoms with Gasteiger partial charge in [0.1, 0.15) is 5.82 Å². The molecule has 0 aliphatic heterocycles. The Morgan fingerprint density at radius 2 is 2.44 bits per heavy atom. The molecule has 0 amide bonds. The van der Waals surface area contributed by atoms with E-state index >= 15 is 0 Å². The lowest BCUT2D eigenvalue weighted by Gasteiger charge is -2.02. The van der Waals surface area contributed by atoms with E-state index in [1.807, 2.05) is 6.92 Å². The first kappa shape index (κ1) is 6.10. The molecule has 50 valence electrons. The largest absolute Gasteiger partial charge is 0.338 e. The highest BCUT2D eigenvalue weighted by Crippen LogP contribution is 2.01. The van der Waals surface area contributed by atoms with Gasteiger partial charge in [-0.1, -0.05) is 0 Å². The molecule has 4 heteroatoms. The molecule has 1 rings (SSSR count). The van der Waals surface area contributed by atoms with Crippen molar-refractivity contribution in [2.45, 2.75) is 13.0 Å². The van der Waals surface area contributed by atoms with E-state index in [-0.39, 0.29) is 6.04 Å². The van der Waals surface area contributed by atoms with E-state index in [0.717, 1.165) is 0 Å². The normalized spacial score (nSPS) is 13.6. The van der Waals surface area contributed by atoms with Crippen LogP contribution in [0.25, 0.3) is 0 Å². The van der Waals surface area contributed by atoms with Gasteiger partial charge in [0.05, 0.1) is 6.04 Å². The average Bonchev–Trinajstić information content (AvgIpc) is 2.13. The highest BCUT2D eigenvalue weighted by atomic mass is 15.3.